The molecule has 3 rings (SSSR count). The van der Waals surface area contributed by atoms with Crippen LogP contribution in [0, 0.1) is 0 Å². The summed E-state index contributed by atoms with van der Waals surface area (Å²) in [7, 11) is 3.43. The molecule has 2 aromatic rings. The maximum atomic E-state index is 11.2. The number of methoxy groups -OCH3 is 1. The molecule has 0 spiro atoms. The van der Waals surface area contributed by atoms with Crippen molar-refractivity contribution in [1.29, 1.82) is 0 Å². The third kappa shape index (κ3) is 4.38. The highest BCUT2D eigenvalue weighted by molar-refractivity contribution is 6.39. The Morgan fingerprint density at radius 2 is 1.67 bits per heavy atom. The van der Waals surface area contributed by atoms with E-state index in [0.29, 0.717) is 0 Å². The van der Waals surface area contributed by atoms with Crippen LogP contribution >= 0.6 is 23.2 Å². The molecule has 0 aromatic heterocycles. The number of nitrogens with zero attached hydrogens (tertiary/aromatic N) is 1. The molecule has 1 aliphatic heterocycles. The Labute approximate surface area is 152 Å². The summed E-state index contributed by atoms with van der Waals surface area (Å²) in [6.07, 6.45) is 1.60. The number of carbonyl (C=O) groups excluding carboxylic acids is 1. The topological polar surface area (TPSA) is 29.5 Å². The van der Waals surface area contributed by atoms with E-state index >= 15 is 0 Å². The summed E-state index contributed by atoms with van der Waals surface area (Å²) < 4.78 is 4.54. The molecule has 0 unspecified atom stereocenters. The van der Waals surface area contributed by atoms with Gasteiger partial charge >= 0.3 is 5.97 Å². The van der Waals surface area contributed by atoms with Gasteiger partial charge in [0.15, 0.2) is 0 Å². The summed E-state index contributed by atoms with van der Waals surface area (Å²) in [5, 5.41) is 0.526. The van der Waals surface area contributed by atoms with Gasteiger partial charge in [0, 0.05) is 13.1 Å². The Kier molecular flexibility index (Phi) is 6.44. The molecule has 0 atom stereocenters. The van der Waals surface area contributed by atoms with Gasteiger partial charge in [0.05, 0.1) is 22.7 Å². The predicted molar refractivity (Wildman–Crippen MR) is 99.5 cm³/mol. The molecule has 1 aliphatic rings. The summed E-state index contributed by atoms with van der Waals surface area (Å²) >= 11 is 11.7. The highest BCUT2D eigenvalue weighted by atomic mass is 35.5. The van der Waals surface area contributed by atoms with Gasteiger partial charge in [-0.15, -0.1) is 0 Å². The average molecular weight is 364 g/mol. The number of carbonyl (C=O) groups is 1. The molecule has 0 N–H and O–H groups in total. The van der Waals surface area contributed by atoms with Crippen LogP contribution in [0.2, 0.25) is 10.0 Å². The van der Waals surface area contributed by atoms with Crippen LogP contribution in [0.1, 0.15) is 27.0 Å². The first-order valence-electron chi connectivity index (χ1n) is 7.41. The predicted octanol–water partition coefficient (Wildman–Crippen LogP) is 5.06. The van der Waals surface area contributed by atoms with Gasteiger partial charge in [-0.25, -0.2) is 4.79 Å². The van der Waals surface area contributed by atoms with Crippen LogP contribution in [0.3, 0.4) is 0 Å². The van der Waals surface area contributed by atoms with Crippen molar-refractivity contribution in [3.8, 4) is 0 Å². The molecule has 24 heavy (non-hydrogen) atoms. The lowest BCUT2D eigenvalue weighted by atomic mass is 10.1. The summed E-state index contributed by atoms with van der Waals surface area (Å²) in [5.41, 5.74) is 3.92. The molecule has 0 aliphatic carbocycles. The molecule has 0 radical (unpaired) electrons. The SMILES string of the molecule is C=Cc1cc(Cl)c(C(=O)OC)c(Cl)c1.CN1Cc2ccccc2C1. The average Bonchev–Trinajstić information content (AvgIpc) is 2.94. The van der Waals surface area contributed by atoms with E-state index in [4.69, 9.17) is 23.2 Å². The molecule has 3 nitrogen and oxygen atoms in total. The van der Waals surface area contributed by atoms with Crippen molar-refractivity contribution in [1.82, 2.24) is 4.90 Å². The number of benzene rings is 2. The van der Waals surface area contributed by atoms with Crippen LogP contribution in [0.5, 0.6) is 0 Å². The van der Waals surface area contributed by atoms with Crippen LogP contribution < -0.4 is 0 Å². The van der Waals surface area contributed by atoms with Crippen LogP contribution in [-0.4, -0.2) is 25.0 Å². The zero-order chi connectivity index (χ0) is 17.7. The molecule has 0 amide bonds. The molecular weight excluding hydrogens is 345 g/mol. The first kappa shape index (κ1) is 18.5. The highest BCUT2D eigenvalue weighted by Gasteiger charge is 2.15. The summed E-state index contributed by atoms with van der Waals surface area (Å²) in [6, 6.07) is 11.8. The molecule has 2 aromatic carbocycles. The van der Waals surface area contributed by atoms with Crippen molar-refractivity contribution >= 4 is 35.2 Å². The van der Waals surface area contributed by atoms with E-state index in [1.165, 1.54) is 18.2 Å². The first-order valence-corrected chi connectivity index (χ1v) is 8.17. The Morgan fingerprint density at radius 1 is 1.17 bits per heavy atom. The molecular formula is C19H19Cl2NO2. The van der Waals surface area contributed by atoms with Gasteiger partial charge in [-0.05, 0) is 35.9 Å². The summed E-state index contributed by atoms with van der Waals surface area (Å²) in [4.78, 5) is 13.6. The molecule has 126 valence electrons. The second-order valence-corrected chi connectivity index (χ2v) is 6.31. The van der Waals surface area contributed by atoms with Crippen molar-refractivity contribution in [2.24, 2.45) is 0 Å². The third-order valence-electron chi connectivity index (χ3n) is 3.69. The quantitative estimate of drug-likeness (QED) is 0.698. The zero-order valence-electron chi connectivity index (χ0n) is 13.7. The molecule has 0 fully saturated rings. The lowest BCUT2D eigenvalue weighted by Crippen LogP contribution is -2.07. The normalized spacial score (nSPS) is 12.8. The number of ether oxygens (including phenoxy) is 1. The van der Waals surface area contributed by atoms with Crippen molar-refractivity contribution in [3.05, 3.63) is 75.3 Å². The van der Waals surface area contributed by atoms with E-state index in [-0.39, 0.29) is 15.6 Å². The number of fused-ring (bicyclic) bond motifs is 1. The van der Waals surface area contributed by atoms with E-state index in [1.54, 1.807) is 18.2 Å². The van der Waals surface area contributed by atoms with E-state index in [2.05, 4.69) is 47.5 Å². The van der Waals surface area contributed by atoms with E-state index < -0.39 is 5.97 Å². The largest absolute Gasteiger partial charge is 0.465 e. The minimum Gasteiger partial charge on any atom is -0.465 e. The minimum absolute atomic E-state index is 0.182. The number of hydrogen-bond donors (Lipinski definition) is 0. The van der Waals surface area contributed by atoms with E-state index in [1.807, 2.05) is 0 Å². The van der Waals surface area contributed by atoms with E-state index in [9.17, 15) is 4.79 Å². The monoisotopic (exact) mass is 363 g/mol. The lowest BCUT2D eigenvalue weighted by Gasteiger charge is -2.05. The summed E-state index contributed by atoms with van der Waals surface area (Å²) in [6.45, 7) is 5.82. The number of halogens is 2. The van der Waals surface area contributed by atoms with Crippen LogP contribution in [0.25, 0.3) is 6.08 Å². The molecule has 0 saturated heterocycles. The fourth-order valence-electron chi connectivity index (χ4n) is 2.51. The van der Waals surface area contributed by atoms with Gasteiger partial charge in [0.1, 0.15) is 0 Å². The maximum Gasteiger partial charge on any atom is 0.340 e. The molecule has 0 saturated carbocycles. The second-order valence-electron chi connectivity index (χ2n) is 5.50. The standard InChI is InChI=1S/C10H8Cl2O2.C9H11N/c1-3-6-4-7(11)9(8(12)5-6)10(13)14-2;1-10-6-8-4-2-3-5-9(8)7-10/h3-5H,1H2,2H3;2-5H,6-7H2,1H3. The van der Waals surface area contributed by atoms with Crippen LogP contribution in [0.4, 0.5) is 0 Å². The Balaban J connectivity index is 0.000000182. The van der Waals surface area contributed by atoms with Gasteiger partial charge in [0.2, 0.25) is 0 Å². The van der Waals surface area contributed by atoms with Crippen molar-refractivity contribution in [2.45, 2.75) is 13.1 Å². The fraction of sp³-hybridized carbons (Fsp3) is 0.211. The van der Waals surface area contributed by atoms with Crippen LogP contribution in [0.15, 0.2) is 43.0 Å². The Morgan fingerprint density at radius 3 is 2.08 bits per heavy atom. The highest BCUT2D eigenvalue weighted by Crippen LogP contribution is 2.27. The minimum atomic E-state index is -0.546. The number of hydrogen-bond acceptors (Lipinski definition) is 3. The Bertz CT molecular complexity index is 711. The van der Waals surface area contributed by atoms with Gasteiger partial charge in [-0.3, -0.25) is 4.90 Å². The molecule has 5 heteroatoms. The van der Waals surface area contributed by atoms with Crippen molar-refractivity contribution in [3.63, 3.8) is 0 Å². The third-order valence-corrected chi connectivity index (χ3v) is 4.28. The smallest absolute Gasteiger partial charge is 0.340 e. The maximum absolute atomic E-state index is 11.2. The molecule has 1 heterocycles. The number of esters is 1. The Hall–Kier alpha value is -1.81. The van der Waals surface area contributed by atoms with Gasteiger partial charge in [-0.2, -0.15) is 0 Å². The lowest BCUT2D eigenvalue weighted by molar-refractivity contribution is 0.0601. The first-order chi connectivity index (χ1) is 11.5. The van der Waals surface area contributed by atoms with Crippen molar-refractivity contribution < 1.29 is 9.53 Å². The fourth-order valence-corrected chi connectivity index (χ4v) is 3.17. The summed E-state index contributed by atoms with van der Waals surface area (Å²) in [5.74, 6) is -0.546. The van der Waals surface area contributed by atoms with Gasteiger partial charge in [-0.1, -0.05) is 60.1 Å². The van der Waals surface area contributed by atoms with E-state index in [0.717, 1.165) is 18.7 Å². The van der Waals surface area contributed by atoms with Gasteiger partial charge in [0.25, 0.3) is 0 Å². The molecule has 0 bridgehead atoms. The van der Waals surface area contributed by atoms with Crippen molar-refractivity contribution in [2.75, 3.05) is 14.2 Å². The zero-order valence-corrected chi connectivity index (χ0v) is 15.2. The number of rotatable bonds is 2. The van der Waals surface area contributed by atoms with Crippen LogP contribution in [-0.2, 0) is 17.8 Å². The second kappa shape index (κ2) is 8.34. The van der Waals surface area contributed by atoms with Gasteiger partial charge < -0.3 is 4.74 Å².